The van der Waals surface area contributed by atoms with E-state index in [1.807, 2.05) is 0 Å². The summed E-state index contributed by atoms with van der Waals surface area (Å²) >= 11 is 0. The van der Waals surface area contributed by atoms with E-state index in [-0.39, 0.29) is 17.3 Å². The van der Waals surface area contributed by atoms with Crippen LogP contribution in [0.4, 0.5) is 0 Å². The molecule has 4 rings (SSSR count). The van der Waals surface area contributed by atoms with Crippen LogP contribution >= 0.6 is 0 Å². The highest BCUT2D eigenvalue weighted by molar-refractivity contribution is 6.15. The number of aromatic nitrogens is 1. The van der Waals surface area contributed by atoms with Gasteiger partial charge in [-0.2, -0.15) is 0 Å². The second-order valence-electron chi connectivity index (χ2n) is 6.63. The lowest BCUT2D eigenvalue weighted by molar-refractivity contribution is -0.921. The number of aryl methyl sites for hydroxylation is 1. The molecule has 0 atom stereocenters. The predicted molar refractivity (Wildman–Crippen MR) is 93.0 cm³/mol. The van der Waals surface area contributed by atoms with Gasteiger partial charge < -0.3 is 19.5 Å². The zero-order chi connectivity index (χ0) is 18.1. The van der Waals surface area contributed by atoms with Crippen LogP contribution < -0.4 is 14.7 Å². The number of Topliss-reactive ketones (excluding diaryl/α,β-unsaturated/α-hetero) is 1. The molecule has 1 N–H and O–H groups in total. The first kappa shape index (κ1) is 16.8. The SMILES string of the molecule is Cc1cc([O-])c(C[NH+]2CCOCC2)c2c1C(=O)C(=Cc1ccncc1)O2. The second-order valence-corrected chi connectivity index (χ2v) is 6.63. The van der Waals surface area contributed by atoms with Crippen LogP contribution in [0.3, 0.4) is 0 Å². The molecule has 0 saturated carbocycles. The minimum Gasteiger partial charge on any atom is -0.872 e. The van der Waals surface area contributed by atoms with Crippen LogP contribution in [0.1, 0.15) is 27.0 Å². The van der Waals surface area contributed by atoms with E-state index in [1.165, 1.54) is 4.90 Å². The van der Waals surface area contributed by atoms with Gasteiger partial charge >= 0.3 is 0 Å². The van der Waals surface area contributed by atoms with Crippen molar-refractivity contribution in [3.05, 3.63) is 58.6 Å². The van der Waals surface area contributed by atoms with Crippen molar-refractivity contribution < 1.29 is 24.3 Å². The fraction of sp³-hybridized carbons (Fsp3) is 0.300. The van der Waals surface area contributed by atoms with Gasteiger partial charge in [-0.25, -0.2) is 0 Å². The van der Waals surface area contributed by atoms with E-state index in [4.69, 9.17) is 9.47 Å². The molecular weight excluding hydrogens is 332 g/mol. The second kappa shape index (κ2) is 6.90. The summed E-state index contributed by atoms with van der Waals surface area (Å²) in [7, 11) is 0. The number of morpholine rings is 1. The van der Waals surface area contributed by atoms with E-state index in [0.29, 0.717) is 42.2 Å². The maximum absolute atomic E-state index is 12.8. The number of quaternary nitrogens is 1. The smallest absolute Gasteiger partial charge is 0.232 e. The van der Waals surface area contributed by atoms with Gasteiger partial charge in [0.15, 0.2) is 5.76 Å². The molecular formula is C20H20N2O4. The molecule has 2 aliphatic heterocycles. The van der Waals surface area contributed by atoms with Crippen LogP contribution in [0.15, 0.2) is 36.4 Å². The number of allylic oxidation sites excluding steroid dienone is 1. The molecule has 26 heavy (non-hydrogen) atoms. The van der Waals surface area contributed by atoms with Gasteiger partial charge in [-0.05, 0) is 36.3 Å². The van der Waals surface area contributed by atoms with E-state index in [0.717, 1.165) is 18.7 Å². The molecule has 0 unspecified atom stereocenters. The number of ketones is 1. The monoisotopic (exact) mass is 352 g/mol. The first-order valence-corrected chi connectivity index (χ1v) is 8.72. The molecule has 1 aromatic heterocycles. The number of ether oxygens (including phenoxy) is 2. The largest absolute Gasteiger partial charge is 0.872 e. The van der Waals surface area contributed by atoms with Crippen molar-refractivity contribution in [3.8, 4) is 11.5 Å². The standard InChI is InChI=1S/C20H20N2O4/c1-13-10-16(23)15(12-22-6-8-25-9-7-22)20-18(13)19(24)17(26-20)11-14-2-4-21-5-3-14/h2-5,10-11,23H,6-9,12H2,1H3. The van der Waals surface area contributed by atoms with Gasteiger partial charge in [0.05, 0.1) is 18.8 Å². The number of hydrogen-bond donors (Lipinski definition) is 1. The van der Waals surface area contributed by atoms with Crippen LogP contribution in [0.5, 0.6) is 11.5 Å². The van der Waals surface area contributed by atoms with E-state index in [9.17, 15) is 9.90 Å². The Bertz CT molecular complexity index is 871. The van der Waals surface area contributed by atoms with E-state index < -0.39 is 0 Å². The highest BCUT2D eigenvalue weighted by atomic mass is 16.5. The van der Waals surface area contributed by atoms with Crippen molar-refractivity contribution in [3.63, 3.8) is 0 Å². The molecule has 1 fully saturated rings. The molecule has 0 aliphatic carbocycles. The Hall–Kier alpha value is -2.70. The van der Waals surface area contributed by atoms with Crippen molar-refractivity contribution in [1.82, 2.24) is 4.98 Å². The van der Waals surface area contributed by atoms with Gasteiger partial charge in [0, 0.05) is 18.0 Å². The number of hydrogen-bond acceptors (Lipinski definition) is 5. The summed E-state index contributed by atoms with van der Waals surface area (Å²) in [5.41, 5.74) is 2.58. The van der Waals surface area contributed by atoms with Gasteiger partial charge in [-0.1, -0.05) is 11.8 Å². The zero-order valence-corrected chi connectivity index (χ0v) is 14.6. The lowest BCUT2D eigenvalue weighted by atomic mass is 9.99. The number of carbonyl (C=O) groups is 1. The molecule has 3 heterocycles. The van der Waals surface area contributed by atoms with Crippen molar-refractivity contribution in [2.75, 3.05) is 26.3 Å². The minimum absolute atomic E-state index is 0.0711. The number of pyridine rings is 1. The summed E-state index contributed by atoms with van der Waals surface area (Å²) in [6, 6.07) is 5.15. The Labute approximate surface area is 151 Å². The number of fused-ring (bicyclic) bond motifs is 1. The molecule has 6 heteroatoms. The molecule has 6 nitrogen and oxygen atoms in total. The Balaban J connectivity index is 1.71. The first-order valence-electron chi connectivity index (χ1n) is 8.72. The van der Waals surface area contributed by atoms with Crippen molar-refractivity contribution in [1.29, 1.82) is 0 Å². The van der Waals surface area contributed by atoms with Crippen molar-refractivity contribution in [2.45, 2.75) is 13.5 Å². The van der Waals surface area contributed by atoms with Gasteiger partial charge in [0.25, 0.3) is 0 Å². The van der Waals surface area contributed by atoms with E-state index >= 15 is 0 Å². The molecule has 1 saturated heterocycles. The third kappa shape index (κ3) is 3.09. The zero-order valence-electron chi connectivity index (χ0n) is 14.6. The normalized spacial score (nSPS) is 18.8. The van der Waals surface area contributed by atoms with Crippen molar-refractivity contribution >= 4 is 11.9 Å². The quantitative estimate of drug-likeness (QED) is 0.814. The fourth-order valence-electron chi connectivity index (χ4n) is 3.43. The summed E-state index contributed by atoms with van der Waals surface area (Å²) in [5.74, 6) is 0.433. The number of nitrogens with one attached hydrogen (secondary N) is 1. The first-order chi connectivity index (χ1) is 12.6. The number of benzene rings is 1. The number of carbonyl (C=O) groups excluding carboxylic acids is 1. The van der Waals surface area contributed by atoms with E-state index in [1.54, 1.807) is 43.6 Å². The summed E-state index contributed by atoms with van der Waals surface area (Å²) in [6.07, 6.45) is 5.01. The average Bonchev–Trinajstić information content (AvgIpc) is 2.97. The Kier molecular flexibility index (Phi) is 4.44. The van der Waals surface area contributed by atoms with Crippen LogP contribution in [-0.4, -0.2) is 37.1 Å². The average molecular weight is 352 g/mol. The molecule has 0 radical (unpaired) electrons. The van der Waals surface area contributed by atoms with Crippen LogP contribution in [-0.2, 0) is 11.3 Å². The summed E-state index contributed by atoms with van der Waals surface area (Å²) in [5, 5.41) is 12.6. The van der Waals surface area contributed by atoms with E-state index in [2.05, 4.69) is 4.98 Å². The van der Waals surface area contributed by atoms with Gasteiger partial charge in [-0.3, -0.25) is 9.78 Å². The van der Waals surface area contributed by atoms with Gasteiger partial charge in [0.1, 0.15) is 25.4 Å². The van der Waals surface area contributed by atoms with Crippen LogP contribution in [0.2, 0.25) is 0 Å². The molecule has 134 valence electrons. The molecule has 1 aromatic carbocycles. The van der Waals surface area contributed by atoms with Gasteiger partial charge in [-0.15, -0.1) is 0 Å². The Morgan fingerprint density at radius 3 is 2.73 bits per heavy atom. The maximum Gasteiger partial charge on any atom is 0.232 e. The third-order valence-electron chi connectivity index (χ3n) is 4.83. The molecule has 0 bridgehead atoms. The Morgan fingerprint density at radius 1 is 1.27 bits per heavy atom. The molecule has 2 aromatic rings. The highest BCUT2D eigenvalue weighted by Crippen LogP contribution is 2.40. The molecule has 2 aliphatic rings. The fourth-order valence-corrected chi connectivity index (χ4v) is 3.43. The topological polar surface area (TPSA) is 75.9 Å². The lowest BCUT2D eigenvalue weighted by Gasteiger charge is -2.26. The number of rotatable bonds is 3. The predicted octanol–water partition coefficient (Wildman–Crippen LogP) is 0.495. The summed E-state index contributed by atoms with van der Waals surface area (Å²) in [6.45, 7) is 5.38. The van der Waals surface area contributed by atoms with Crippen LogP contribution in [0.25, 0.3) is 6.08 Å². The number of nitrogens with zero attached hydrogens (tertiary/aromatic N) is 1. The summed E-state index contributed by atoms with van der Waals surface area (Å²) < 4.78 is 11.3. The Morgan fingerprint density at radius 2 is 2.00 bits per heavy atom. The third-order valence-corrected chi connectivity index (χ3v) is 4.83. The molecule has 0 spiro atoms. The molecule has 0 amide bonds. The van der Waals surface area contributed by atoms with Crippen molar-refractivity contribution in [2.24, 2.45) is 0 Å². The minimum atomic E-state index is -0.174. The lowest BCUT2D eigenvalue weighted by Crippen LogP contribution is -3.12. The maximum atomic E-state index is 12.8. The summed E-state index contributed by atoms with van der Waals surface area (Å²) in [4.78, 5) is 18.1. The van der Waals surface area contributed by atoms with Crippen LogP contribution in [0, 0.1) is 6.92 Å². The highest BCUT2D eigenvalue weighted by Gasteiger charge is 2.33. The van der Waals surface area contributed by atoms with Gasteiger partial charge in [0.2, 0.25) is 5.78 Å².